The van der Waals surface area contributed by atoms with E-state index >= 15 is 0 Å². The lowest BCUT2D eigenvalue weighted by Gasteiger charge is -2.20. The van der Waals surface area contributed by atoms with Crippen molar-refractivity contribution in [3.8, 4) is 5.75 Å². The smallest absolute Gasteiger partial charge is 0.118 e. The quantitative estimate of drug-likeness (QED) is 0.937. The molecule has 0 saturated heterocycles. The van der Waals surface area contributed by atoms with Crippen molar-refractivity contribution in [1.82, 2.24) is 10.3 Å². The number of fused-ring (bicyclic) bond motifs is 1. The van der Waals surface area contributed by atoms with Crippen LogP contribution in [0.5, 0.6) is 5.75 Å². The summed E-state index contributed by atoms with van der Waals surface area (Å²) in [5, 5.41) is 4.63. The summed E-state index contributed by atoms with van der Waals surface area (Å²) in [6.07, 6.45) is 4.52. The van der Waals surface area contributed by atoms with Gasteiger partial charge in [0, 0.05) is 17.3 Å². The maximum atomic E-state index is 5.19. The van der Waals surface area contributed by atoms with Crippen LogP contribution in [0.3, 0.4) is 0 Å². The lowest BCUT2D eigenvalue weighted by molar-refractivity contribution is 0.414. The molecule has 3 rings (SSSR count). The Bertz CT molecular complexity index is 577. The van der Waals surface area contributed by atoms with Crippen LogP contribution in [0, 0.1) is 0 Å². The Kier molecular flexibility index (Phi) is 4.03. The first-order chi connectivity index (χ1) is 9.80. The molecule has 0 radical (unpaired) electrons. The van der Waals surface area contributed by atoms with Crippen LogP contribution in [-0.2, 0) is 12.8 Å². The molecule has 1 aliphatic carbocycles. The summed E-state index contributed by atoms with van der Waals surface area (Å²) in [5.41, 5.74) is 2.60. The Morgan fingerprint density at radius 2 is 2.15 bits per heavy atom. The van der Waals surface area contributed by atoms with Crippen LogP contribution >= 0.6 is 11.3 Å². The molecule has 20 heavy (non-hydrogen) atoms. The Hall–Kier alpha value is -1.39. The van der Waals surface area contributed by atoms with E-state index < -0.39 is 0 Å². The second kappa shape index (κ2) is 5.94. The zero-order valence-electron chi connectivity index (χ0n) is 12.0. The number of rotatable bonds is 4. The highest BCUT2D eigenvalue weighted by molar-refractivity contribution is 7.11. The molecule has 1 aromatic heterocycles. The SMILES string of the molecule is CNC1CCCc2nc(Cc3ccc(OC)cc3)sc21. The van der Waals surface area contributed by atoms with Crippen molar-refractivity contribution in [2.75, 3.05) is 14.2 Å². The van der Waals surface area contributed by atoms with E-state index in [1.165, 1.54) is 34.0 Å². The molecular formula is C16H20N2OS. The molecular weight excluding hydrogens is 268 g/mol. The third-order valence-corrected chi connectivity index (χ3v) is 5.07. The summed E-state index contributed by atoms with van der Waals surface area (Å²) >= 11 is 1.87. The van der Waals surface area contributed by atoms with Gasteiger partial charge in [-0.3, -0.25) is 0 Å². The molecule has 0 spiro atoms. The van der Waals surface area contributed by atoms with Gasteiger partial charge in [-0.25, -0.2) is 4.98 Å². The van der Waals surface area contributed by atoms with Crippen LogP contribution in [0.15, 0.2) is 24.3 Å². The lowest BCUT2D eigenvalue weighted by atomic mass is 9.98. The number of methoxy groups -OCH3 is 1. The molecule has 0 fully saturated rings. The van der Waals surface area contributed by atoms with Crippen LogP contribution in [0.1, 0.15) is 40.0 Å². The van der Waals surface area contributed by atoms with Crippen LogP contribution < -0.4 is 10.1 Å². The highest BCUT2D eigenvalue weighted by atomic mass is 32.1. The normalized spacial score (nSPS) is 17.8. The van der Waals surface area contributed by atoms with Crippen molar-refractivity contribution in [3.63, 3.8) is 0 Å². The van der Waals surface area contributed by atoms with Crippen molar-refractivity contribution in [2.24, 2.45) is 0 Å². The minimum absolute atomic E-state index is 0.501. The van der Waals surface area contributed by atoms with Crippen LogP contribution in [0.25, 0.3) is 0 Å². The van der Waals surface area contributed by atoms with Gasteiger partial charge in [0.1, 0.15) is 5.75 Å². The molecule has 1 unspecified atom stereocenters. The van der Waals surface area contributed by atoms with Crippen molar-refractivity contribution in [2.45, 2.75) is 31.7 Å². The van der Waals surface area contributed by atoms with Gasteiger partial charge in [-0.05, 0) is 44.0 Å². The first-order valence-electron chi connectivity index (χ1n) is 7.09. The summed E-state index contributed by atoms with van der Waals surface area (Å²) in [6.45, 7) is 0. The first kappa shape index (κ1) is 13.6. The predicted octanol–water partition coefficient (Wildman–Crippen LogP) is 3.34. The van der Waals surface area contributed by atoms with Gasteiger partial charge in [-0.15, -0.1) is 11.3 Å². The number of ether oxygens (including phenoxy) is 1. The van der Waals surface area contributed by atoms with Crippen molar-refractivity contribution in [1.29, 1.82) is 0 Å². The Labute approximate surface area is 124 Å². The summed E-state index contributed by atoms with van der Waals surface area (Å²) in [7, 11) is 3.74. The Morgan fingerprint density at radius 1 is 1.35 bits per heavy atom. The van der Waals surface area contributed by atoms with Gasteiger partial charge in [-0.1, -0.05) is 12.1 Å². The van der Waals surface area contributed by atoms with Crippen molar-refractivity contribution >= 4 is 11.3 Å². The summed E-state index contributed by atoms with van der Waals surface area (Å²) < 4.78 is 5.19. The zero-order valence-corrected chi connectivity index (χ0v) is 12.8. The highest BCUT2D eigenvalue weighted by Gasteiger charge is 2.23. The lowest BCUT2D eigenvalue weighted by Crippen LogP contribution is -2.19. The minimum atomic E-state index is 0.501. The van der Waals surface area contributed by atoms with E-state index in [9.17, 15) is 0 Å². The standard InChI is InChI=1S/C16H20N2OS/c1-17-13-4-3-5-14-16(13)20-15(18-14)10-11-6-8-12(19-2)9-7-11/h6-9,13,17H,3-5,10H2,1-2H3. The van der Waals surface area contributed by atoms with Crippen LogP contribution in [-0.4, -0.2) is 19.1 Å². The second-order valence-electron chi connectivity index (χ2n) is 5.18. The molecule has 106 valence electrons. The topological polar surface area (TPSA) is 34.2 Å². The molecule has 0 amide bonds. The number of nitrogens with zero attached hydrogens (tertiary/aromatic N) is 1. The monoisotopic (exact) mass is 288 g/mol. The number of benzene rings is 1. The maximum Gasteiger partial charge on any atom is 0.118 e. The number of thiazole rings is 1. The number of nitrogens with one attached hydrogen (secondary N) is 1. The average molecular weight is 288 g/mol. The molecule has 0 aliphatic heterocycles. The van der Waals surface area contributed by atoms with E-state index in [1.807, 2.05) is 30.5 Å². The average Bonchev–Trinajstić information content (AvgIpc) is 2.90. The summed E-state index contributed by atoms with van der Waals surface area (Å²) in [4.78, 5) is 6.28. The van der Waals surface area contributed by atoms with Crippen LogP contribution in [0.2, 0.25) is 0 Å². The van der Waals surface area contributed by atoms with E-state index in [0.717, 1.165) is 18.6 Å². The Balaban J connectivity index is 1.79. The zero-order chi connectivity index (χ0) is 13.9. The van der Waals surface area contributed by atoms with Crippen LogP contribution in [0.4, 0.5) is 0 Å². The van der Waals surface area contributed by atoms with Gasteiger partial charge in [0.2, 0.25) is 0 Å². The number of hydrogen-bond acceptors (Lipinski definition) is 4. The molecule has 0 saturated carbocycles. The highest BCUT2D eigenvalue weighted by Crippen LogP contribution is 2.34. The number of aromatic nitrogens is 1. The van der Waals surface area contributed by atoms with Crippen molar-refractivity contribution in [3.05, 3.63) is 45.4 Å². The molecule has 1 heterocycles. The maximum absolute atomic E-state index is 5.19. The van der Waals surface area contributed by atoms with Gasteiger partial charge in [-0.2, -0.15) is 0 Å². The molecule has 1 aliphatic rings. The second-order valence-corrected chi connectivity index (χ2v) is 6.29. The summed E-state index contributed by atoms with van der Waals surface area (Å²) in [5.74, 6) is 0.905. The number of aryl methyl sites for hydroxylation is 1. The van der Waals surface area contributed by atoms with E-state index in [0.29, 0.717) is 6.04 Å². The van der Waals surface area contributed by atoms with Gasteiger partial charge >= 0.3 is 0 Å². The van der Waals surface area contributed by atoms with Gasteiger partial charge in [0.05, 0.1) is 17.8 Å². The molecule has 0 bridgehead atoms. The van der Waals surface area contributed by atoms with Gasteiger partial charge in [0.25, 0.3) is 0 Å². The third kappa shape index (κ3) is 2.72. The number of hydrogen-bond donors (Lipinski definition) is 1. The summed E-state index contributed by atoms with van der Waals surface area (Å²) in [6, 6.07) is 8.77. The molecule has 1 atom stereocenters. The fourth-order valence-corrected chi connectivity index (χ4v) is 4.03. The molecule has 3 nitrogen and oxygen atoms in total. The van der Waals surface area contributed by atoms with E-state index in [4.69, 9.17) is 9.72 Å². The van der Waals surface area contributed by atoms with Gasteiger partial charge in [0.15, 0.2) is 0 Å². The first-order valence-corrected chi connectivity index (χ1v) is 7.90. The third-order valence-electron chi connectivity index (χ3n) is 3.86. The fourth-order valence-electron chi connectivity index (χ4n) is 2.74. The minimum Gasteiger partial charge on any atom is -0.497 e. The van der Waals surface area contributed by atoms with E-state index in [-0.39, 0.29) is 0 Å². The van der Waals surface area contributed by atoms with E-state index in [2.05, 4.69) is 17.4 Å². The van der Waals surface area contributed by atoms with Gasteiger partial charge < -0.3 is 10.1 Å². The van der Waals surface area contributed by atoms with Crippen molar-refractivity contribution < 1.29 is 4.74 Å². The molecule has 2 aromatic rings. The fraction of sp³-hybridized carbons (Fsp3) is 0.438. The Morgan fingerprint density at radius 3 is 2.85 bits per heavy atom. The molecule has 1 aromatic carbocycles. The van der Waals surface area contributed by atoms with E-state index in [1.54, 1.807) is 7.11 Å². The molecule has 1 N–H and O–H groups in total. The largest absolute Gasteiger partial charge is 0.497 e. The molecule has 4 heteroatoms. The predicted molar refractivity (Wildman–Crippen MR) is 82.7 cm³/mol.